The zero-order valence-corrected chi connectivity index (χ0v) is 13.5. The van der Waals surface area contributed by atoms with Crippen LogP contribution in [0.25, 0.3) is 0 Å². The van der Waals surface area contributed by atoms with Gasteiger partial charge in [-0.1, -0.05) is 53.4 Å². The molecule has 110 valence electrons. The normalized spacial score (nSPS) is 14.9. The Kier molecular flexibility index (Phi) is 11.1. The molecule has 0 aromatic carbocycles. The lowest BCUT2D eigenvalue weighted by Gasteiger charge is -2.19. The van der Waals surface area contributed by atoms with Gasteiger partial charge in [0.15, 0.2) is 0 Å². The molecule has 1 unspecified atom stereocenters. The number of rotatable bonds is 12. The van der Waals surface area contributed by atoms with Crippen molar-refractivity contribution in [2.24, 2.45) is 5.92 Å². The molecule has 0 amide bonds. The summed E-state index contributed by atoms with van der Waals surface area (Å²) >= 11 is 0. The minimum atomic E-state index is -2.84. The minimum Gasteiger partial charge on any atom is -0.309 e. The number of hydrogen-bond acceptors (Lipinski definition) is 3. The molecule has 0 aliphatic carbocycles. The van der Waals surface area contributed by atoms with Crippen LogP contribution in [0.1, 0.15) is 66.2 Å². The van der Waals surface area contributed by atoms with Crippen LogP contribution in [-0.4, -0.2) is 19.4 Å². The second-order valence-electron chi connectivity index (χ2n) is 5.27. The lowest BCUT2D eigenvalue weighted by atomic mass is 10.2. The highest BCUT2D eigenvalue weighted by Gasteiger charge is 2.23. The van der Waals surface area contributed by atoms with E-state index in [0.29, 0.717) is 25.3 Å². The summed E-state index contributed by atoms with van der Waals surface area (Å²) in [4.78, 5) is 0. The van der Waals surface area contributed by atoms with E-state index in [1.807, 2.05) is 0 Å². The van der Waals surface area contributed by atoms with Crippen LogP contribution >= 0.6 is 7.60 Å². The van der Waals surface area contributed by atoms with Crippen molar-refractivity contribution in [2.75, 3.05) is 19.4 Å². The lowest BCUT2D eigenvalue weighted by Crippen LogP contribution is -2.06. The molecular formula is C14H31O3P. The third kappa shape index (κ3) is 10.1. The van der Waals surface area contributed by atoms with Crippen LogP contribution in [-0.2, 0) is 13.6 Å². The average molecular weight is 278 g/mol. The van der Waals surface area contributed by atoms with Gasteiger partial charge in [0.05, 0.1) is 19.4 Å². The van der Waals surface area contributed by atoms with Gasteiger partial charge in [-0.15, -0.1) is 0 Å². The molecule has 0 N–H and O–H groups in total. The second-order valence-corrected chi connectivity index (χ2v) is 7.46. The van der Waals surface area contributed by atoms with Crippen molar-refractivity contribution in [1.82, 2.24) is 0 Å². The maximum atomic E-state index is 12.5. The molecule has 3 nitrogen and oxygen atoms in total. The van der Waals surface area contributed by atoms with Gasteiger partial charge in [0.25, 0.3) is 0 Å². The standard InChI is InChI=1S/C14H31O3P/c1-5-7-9-10-11-16-18(15,12-8-6-2)17-13-14(3)4/h14H,5-13H2,1-4H3. The van der Waals surface area contributed by atoms with Gasteiger partial charge in [-0.25, -0.2) is 0 Å². The van der Waals surface area contributed by atoms with Crippen LogP contribution in [0, 0.1) is 5.92 Å². The Hall–Kier alpha value is 0.150. The summed E-state index contributed by atoms with van der Waals surface area (Å²) in [6, 6.07) is 0. The average Bonchev–Trinajstić information content (AvgIpc) is 2.34. The molecule has 1 atom stereocenters. The Morgan fingerprint density at radius 1 is 0.944 bits per heavy atom. The molecule has 0 aliphatic heterocycles. The van der Waals surface area contributed by atoms with Gasteiger partial charge in [-0.2, -0.15) is 0 Å². The van der Waals surface area contributed by atoms with E-state index < -0.39 is 7.60 Å². The van der Waals surface area contributed by atoms with E-state index in [1.54, 1.807) is 0 Å². The minimum absolute atomic E-state index is 0.392. The first-order valence-electron chi connectivity index (χ1n) is 7.42. The van der Waals surface area contributed by atoms with Crippen LogP contribution in [0.4, 0.5) is 0 Å². The van der Waals surface area contributed by atoms with E-state index >= 15 is 0 Å². The molecular weight excluding hydrogens is 247 g/mol. The molecule has 0 saturated carbocycles. The third-order valence-electron chi connectivity index (χ3n) is 2.68. The van der Waals surface area contributed by atoms with E-state index in [-0.39, 0.29) is 0 Å². The van der Waals surface area contributed by atoms with Gasteiger partial charge < -0.3 is 9.05 Å². The van der Waals surface area contributed by atoms with Gasteiger partial charge in [0.1, 0.15) is 0 Å². The summed E-state index contributed by atoms with van der Waals surface area (Å²) in [5, 5.41) is 0. The van der Waals surface area contributed by atoms with Crippen molar-refractivity contribution in [3.8, 4) is 0 Å². The summed E-state index contributed by atoms with van der Waals surface area (Å²) in [5.74, 6) is 0.392. The van der Waals surface area contributed by atoms with Crippen molar-refractivity contribution in [1.29, 1.82) is 0 Å². The van der Waals surface area contributed by atoms with E-state index in [4.69, 9.17) is 9.05 Å². The highest BCUT2D eigenvalue weighted by Crippen LogP contribution is 2.49. The Morgan fingerprint density at radius 3 is 2.17 bits per heavy atom. The van der Waals surface area contributed by atoms with Crippen LogP contribution in [0.15, 0.2) is 0 Å². The molecule has 0 spiro atoms. The second kappa shape index (κ2) is 11.0. The molecule has 0 heterocycles. The van der Waals surface area contributed by atoms with Gasteiger partial charge in [-0.05, 0) is 18.8 Å². The quantitative estimate of drug-likeness (QED) is 0.361. The first-order chi connectivity index (χ1) is 8.54. The summed E-state index contributed by atoms with van der Waals surface area (Å²) in [6.45, 7) is 9.48. The van der Waals surface area contributed by atoms with Crippen LogP contribution < -0.4 is 0 Å². The molecule has 0 aromatic heterocycles. The van der Waals surface area contributed by atoms with Crippen molar-refractivity contribution >= 4 is 7.60 Å². The first kappa shape index (κ1) is 18.1. The van der Waals surface area contributed by atoms with Gasteiger partial charge in [0, 0.05) is 0 Å². The Bertz CT molecular complexity index is 229. The molecule has 4 heteroatoms. The topological polar surface area (TPSA) is 35.5 Å². The lowest BCUT2D eigenvalue weighted by molar-refractivity contribution is 0.184. The third-order valence-corrected chi connectivity index (χ3v) is 4.66. The van der Waals surface area contributed by atoms with E-state index in [2.05, 4.69) is 27.7 Å². The monoisotopic (exact) mass is 278 g/mol. The maximum absolute atomic E-state index is 12.5. The molecule has 0 fully saturated rings. The largest absolute Gasteiger partial charge is 0.330 e. The number of unbranched alkanes of at least 4 members (excludes halogenated alkanes) is 4. The predicted molar refractivity (Wildman–Crippen MR) is 78.3 cm³/mol. The molecule has 18 heavy (non-hydrogen) atoms. The zero-order valence-electron chi connectivity index (χ0n) is 12.6. The van der Waals surface area contributed by atoms with Crippen LogP contribution in [0.5, 0.6) is 0 Å². The zero-order chi connectivity index (χ0) is 13.9. The van der Waals surface area contributed by atoms with E-state index in [9.17, 15) is 4.57 Å². The predicted octanol–water partition coefficient (Wildman–Crippen LogP) is 5.25. The molecule has 0 rings (SSSR count). The summed E-state index contributed by atoms with van der Waals surface area (Å²) < 4.78 is 23.6. The van der Waals surface area contributed by atoms with Crippen molar-refractivity contribution in [3.63, 3.8) is 0 Å². The van der Waals surface area contributed by atoms with Crippen molar-refractivity contribution in [3.05, 3.63) is 0 Å². The maximum Gasteiger partial charge on any atom is 0.330 e. The molecule has 0 aliphatic rings. The van der Waals surface area contributed by atoms with Crippen LogP contribution in [0.3, 0.4) is 0 Å². The highest BCUT2D eigenvalue weighted by atomic mass is 31.2. The fourth-order valence-electron chi connectivity index (χ4n) is 1.51. The van der Waals surface area contributed by atoms with Gasteiger partial charge in [-0.3, -0.25) is 4.57 Å². The number of hydrogen-bond donors (Lipinski definition) is 0. The van der Waals surface area contributed by atoms with E-state index in [0.717, 1.165) is 25.7 Å². The SMILES string of the molecule is CCCCCCOP(=O)(CCCC)OCC(C)C. The Labute approximate surface area is 113 Å². The van der Waals surface area contributed by atoms with Gasteiger partial charge in [0.2, 0.25) is 0 Å². The molecule has 0 radical (unpaired) electrons. The molecule has 0 saturated heterocycles. The van der Waals surface area contributed by atoms with Gasteiger partial charge >= 0.3 is 7.60 Å². The smallest absolute Gasteiger partial charge is 0.309 e. The highest BCUT2D eigenvalue weighted by molar-refractivity contribution is 7.53. The molecule has 0 aromatic rings. The fourth-order valence-corrected chi connectivity index (χ4v) is 3.48. The Morgan fingerprint density at radius 2 is 1.61 bits per heavy atom. The Balaban J connectivity index is 3.99. The fraction of sp³-hybridized carbons (Fsp3) is 1.00. The van der Waals surface area contributed by atoms with Crippen molar-refractivity contribution in [2.45, 2.75) is 66.2 Å². The summed E-state index contributed by atoms with van der Waals surface area (Å²) in [7, 11) is -2.84. The first-order valence-corrected chi connectivity index (χ1v) is 9.15. The molecule has 0 bridgehead atoms. The van der Waals surface area contributed by atoms with Crippen LogP contribution in [0.2, 0.25) is 0 Å². The van der Waals surface area contributed by atoms with E-state index in [1.165, 1.54) is 12.8 Å². The van der Waals surface area contributed by atoms with Crippen molar-refractivity contribution < 1.29 is 13.6 Å². The summed E-state index contributed by atoms with van der Waals surface area (Å²) in [6.07, 6.45) is 7.04. The summed E-state index contributed by atoms with van der Waals surface area (Å²) in [5.41, 5.74) is 0.